The van der Waals surface area contributed by atoms with E-state index in [1.54, 1.807) is 6.07 Å². The van der Waals surface area contributed by atoms with Crippen molar-refractivity contribution < 1.29 is 13.9 Å². The molecule has 0 aromatic heterocycles. The first-order valence-electron chi connectivity index (χ1n) is 5.98. The van der Waals surface area contributed by atoms with Crippen LogP contribution in [0.3, 0.4) is 0 Å². The second-order valence-corrected chi connectivity index (χ2v) is 4.33. The molecule has 0 radical (unpaired) electrons. The molecule has 0 amide bonds. The van der Waals surface area contributed by atoms with Crippen molar-refractivity contribution in [3.8, 4) is 5.75 Å². The Morgan fingerprint density at radius 1 is 1.47 bits per heavy atom. The number of halogens is 1. The highest BCUT2D eigenvalue weighted by Gasteiger charge is 2.16. The van der Waals surface area contributed by atoms with E-state index in [4.69, 9.17) is 15.2 Å². The second-order valence-electron chi connectivity index (χ2n) is 4.33. The fourth-order valence-corrected chi connectivity index (χ4v) is 1.96. The minimum absolute atomic E-state index is 0.245. The average molecular weight is 239 g/mol. The molecular weight excluding hydrogens is 221 g/mol. The quantitative estimate of drug-likeness (QED) is 0.851. The summed E-state index contributed by atoms with van der Waals surface area (Å²) in [5.41, 5.74) is 6.34. The van der Waals surface area contributed by atoms with E-state index in [-0.39, 0.29) is 5.82 Å². The largest absolute Gasteiger partial charge is 0.493 e. The Morgan fingerprint density at radius 3 is 3.06 bits per heavy atom. The van der Waals surface area contributed by atoms with Gasteiger partial charge >= 0.3 is 0 Å². The van der Waals surface area contributed by atoms with Crippen LogP contribution in [0.5, 0.6) is 5.75 Å². The SMILES string of the molecule is NCCc1cc(F)ccc1OCC1CCOC1. The van der Waals surface area contributed by atoms with E-state index in [1.165, 1.54) is 12.1 Å². The van der Waals surface area contributed by atoms with Gasteiger partial charge in [-0.05, 0) is 43.1 Å². The molecule has 0 aliphatic carbocycles. The van der Waals surface area contributed by atoms with E-state index in [0.717, 1.165) is 30.9 Å². The van der Waals surface area contributed by atoms with Gasteiger partial charge in [0.05, 0.1) is 13.2 Å². The maximum atomic E-state index is 13.1. The summed E-state index contributed by atoms with van der Waals surface area (Å²) in [7, 11) is 0. The molecule has 4 heteroatoms. The third-order valence-corrected chi connectivity index (χ3v) is 2.93. The van der Waals surface area contributed by atoms with Gasteiger partial charge in [0.2, 0.25) is 0 Å². The predicted octanol–water partition coefficient (Wildman–Crippen LogP) is 1.74. The monoisotopic (exact) mass is 239 g/mol. The molecule has 1 fully saturated rings. The molecule has 1 aliphatic heterocycles. The molecule has 1 unspecified atom stereocenters. The van der Waals surface area contributed by atoms with Gasteiger partial charge in [0.25, 0.3) is 0 Å². The van der Waals surface area contributed by atoms with Crippen LogP contribution in [-0.4, -0.2) is 26.4 Å². The maximum Gasteiger partial charge on any atom is 0.123 e. The minimum atomic E-state index is -0.245. The molecule has 1 saturated heterocycles. The zero-order chi connectivity index (χ0) is 12.1. The third-order valence-electron chi connectivity index (χ3n) is 2.93. The molecule has 94 valence electrons. The average Bonchev–Trinajstić information content (AvgIpc) is 2.81. The van der Waals surface area contributed by atoms with Crippen molar-refractivity contribution in [2.24, 2.45) is 11.7 Å². The Balaban J connectivity index is 1.98. The zero-order valence-electron chi connectivity index (χ0n) is 9.82. The molecule has 0 bridgehead atoms. The number of nitrogens with two attached hydrogens (primary N) is 1. The van der Waals surface area contributed by atoms with E-state index < -0.39 is 0 Å². The molecule has 2 rings (SSSR count). The van der Waals surface area contributed by atoms with Crippen LogP contribution in [0, 0.1) is 11.7 Å². The van der Waals surface area contributed by atoms with E-state index in [9.17, 15) is 4.39 Å². The normalized spacial score (nSPS) is 19.5. The first-order chi connectivity index (χ1) is 8.29. The van der Waals surface area contributed by atoms with Crippen LogP contribution in [0.2, 0.25) is 0 Å². The summed E-state index contributed by atoms with van der Waals surface area (Å²) in [5.74, 6) is 0.944. The van der Waals surface area contributed by atoms with Crippen LogP contribution in [0.25, 0.3) is 0 Å². The summed E-state index contributed by atoms with van der Waals surface area (Å²) in [4.78, 5) is 0. The predicted molar refractivity (Wildman–Crippen MR) is 63.6 cm³/mol. The Kier molecular flexibility index (Phi) is 4.34. The lowest BCUT2D eigenvalue weighted by Gasteiger charge is -2.13. The van der Waals surface area contributed by atoms with Gasteiger partial charge in [-0.1, -0.05) is 0 Å². The topological polar surface area (TPSA) is 44.5 Å². The van der Waals surface area contributed by atoms with Crippen LogP contribution >= 0.6 is 0 Å². The van der Waals surface area contributed by atoms with Crippen molar-refractivity contribution >= 4 is 0 Å². The number of ether oxygens (including phenoxy) is 2. The molecule has 1 atom stereocenters. The molecule has 0 spiro atoms. The highest BCUT2D eigenvalue weighted by atomic mass is 19.1. The van der Waals surface area contributed by atoms with E-state index in [1.807, 2.05) is 0 Å². The highest BCUT2D eigenvalue weighted by Crippen LogP contribution is 2.22. The van der Waals surface area contributed by atoms with Crippen LogP contribution in [0.15, 0.2) is 18.2 Å². The standard InChI is InChI=1S/C13H18FNO2/c14-12-1-2-13(11(7-12)3-5-15)17-9-10-4-6-16-8-10/h1-2,7,10H,3-6,8-9,15H2. The highest BCUT2D eigenvalue weighted by molar-refractivity contribution is 5.34. The Bertz CT molecular complexity index is 364. The van der Waals surface area contributed by atoms with Crippen LogP contribution < -0.4 is 10.5 Å². The van der Waals surface area contributed by atoms with Crippen molar-refractivity contribution in [3.63, 3.8) is 0 Å². The molecule has 3 nitrogen and oxygen atoms in total. The van der Waals surface area contributed by atoms with Gasteiger partial charge in [0.15, 0.2) is 0 Å². The van der Waals surface area contributed by atoms with E-state index in [2.05, 4.69) is 0 Å². The Morgan fingerprint density at radius 2 is 2.35 bits per heavy atom. The minimum Gasteiger partial charge on any atom is -0.493 e. The van der Waals surface area contributed by atoms with Crippen molar-refractivity contribution in [3.05, 3.63) is 29.6 Å². The molecule has 1 aromatic carbocycles. The first-order valence-corrected chi connectivity index (χ1v) is 5.98. The van der Waals surface area contributed by atoms with Crippen LogP contribution in [-0.2, 0) is 11.2 Å². The maximum absolute atomic E-state index is 13.1. The van der Waals surface area contributed by atoms with Crippen molar-refractivity contribution in [1.29, 1.82) is 0 Å². The van der Waals surface area contributed by atoms with E-state index >= 15 is 0 Å². The van der Waals surface area contributed by atoms with Crippen LogP contribution in [0.1, 0.15) is 12.0 Å². The summed E-state index contributed by atoms with van der Waals surface area (Å²) in [6.07, 6.45) is 1.67. The number of benzene rings is 1. The van der Waals surface area contributed by atoms with Crippen molar-refractivity contribution in [1.82, 2.24) is 0 Å². The smallest absolute Gasteiger partial charge is 0.123 e. The fourth-order valence-electron chi connectivity index (χ4n) is 1.96. The van der Waals surface area contributed by atoms with Crippen LogP contribution in [0.4, 0.5) is 4.39 Å². The molecule has 2 N–H and O–H groups in total. The Hall–Kier alpha value is -1.13. The van der Waals surface area contributed by atoms with Crippen molar-refractivity contribution in [2.75, 3.05) is 26.4 Å². The number of hydrogen-bond donors (Lipinski definition) is 1. The molecule has 1 aliphatic rings. The molecule has 1 aromatic rings. The van der Waals surface area contributed by atoms with Crippen molar-refractivity contribution in [2.45, 2.75) is 12.8 Å². The second kappa shape index (κ2) is 5.98. The van der Waals surface area contributed by atoms with Gasteiger partial charge in [-0.15, -0.1) is 0 Å². The number of hydrogen-bond acceptors (Lipinski definition) is 3. The first kappa shape index (κ1) is 12.3. The third kappa shape index (κ3) is 3.41. The van der Waals surface area contributed by atoms with Gasteiger partial charge in [-0.25, -0.2) is 4.39 Å². The molecule has 1 heterocycles. The lowest BCUT2D eigenvalue weighted by molar-refractivity contribution is 0.166. The van der Waals surface area contributed by atoms with Gasteiger partial charge in [-0.2, -0.15) is 0 Å². The lowest BCUT2D eigenvalue weighted by atomic mass is 10.1. The summed E-state index contributed by atoms with van der Waals surface area (Å²) >= 11 is 0. The summed E-state index contributed by atoms with van der Waals surface area (Å²) in [6.45, 7) is 2.69. The van der Waals surface area contributed by atoms with Gasteiger partial charge in [0, 0.05) is 12.5 Å². The van der Waals surface area contributed by atoms with Gasteiger partial charge < -0.3 is 15.2 Å². The lowest BCUT2D eigenvalue weighted by Crippen LogP contribution is -2.13. The van der Waals surface area contributed by atoms with E-state index in [0.29, 0.717) is 25.5 Å². The fraction of sp³-hybridized carbons (Fsp3) is 0.538. The van der Waals surface area contributed by atoms with Gasteiger partial charge in [0.1, 0.15) is 11.6 Å². The number of rotatable bonds is 5. The Labute approximate surface area is 101 Å². The summed E-state index contributed by atoms with van der Waals surface area (Å²) in [5, 5.41) is 0. The van der Waals surface area contributed by atoms with Gasteiger partial charge in [-0.3, -0.25) is 0 Å². The molecule has 17 heavy (non-hydrogen) atoms. The summed E-state index contributed by atoms with van der Waals surface area (Å²) < 4.78 is 24.1. The zero-order valence-corrected chi connectivity index (χ0v) is 9.82. The summed E-state index contributed by atoms with van der Waals surface area (Å²) in [6, 6.07) is 4.59. The molecular formula is C13H18FNO2. The molecule has 0 saturated carbocycles.